The minimum absolute atomic E-state index is 0.0897. The van der Waals surface area contributed by atoms with E-state index in [1.807, 2.05) is 12.1 Å². The molecule has 118 valence electrons. The molecule has 0 aliphatic carbocycles. The van der Waals surface area contributed by atoms with Crippen molar-refractivity contribution in [2.75, 3.05) is 0 Å². The lowest BCUT2D eigenvalue weighted by Crippen LogP contribution is -2.23. The van der Waals surface area contributed by atoms with Gasteiger partial charge in [-0.05, 0) is 17.7 Å². The van der Waals surface area contributed by atoms with Crippen LogP contribution in [0.3, 0.4) is 0 Å². The minimum atomic E-state index is -0.325. The summed E-state index contributed by atoms with van der Waals surface area (Å²) in [6.45, 7) is 6.23. The van der Waals surface area contributed by atoms with Crippen LogP contribution in [0.15, 0.2) is 35.7 Å². The van der Waals surface area contributed by atoms with Crippen molar-refractivity contribution in [2.45, 2.75) is 32.1 Å². The lowest BCUT2D eigenvalue weighted by atomic mass is 9.79. The van der Waals surface area contributed by atoms with Gasteiger partial charge in [0.1, 0.15) is 11.6 Å². The maximum Gasteiger partial charge on any atom is 0.244 e. The van der Waals surface area contributed by atoms with Gasteiger partial charge in [-0.2, -0.15) is 5.26 Å². The standard InChI is InChI=1S/C17H17ClN4O/c1-17(2,3)14-13-12(9-4-6-10(18)7-5-9)11(8-19)15(20)23-16(13)22-21-14/h4-7,12H,20H2,1-3H3,(H,21,22). The number of halogens is 1. The molecule has 5 nitrogen and oxygen atoms in total. The quantitative estimate of drug-likeness (QED) is 0.837. The fraction of sp³-hybridized carbons (Fsp3) is 0.294. The first-order valence-corrected chi connectivity index (χ1v) is 7.62. The molecule has 1 aliphatic rings. The van der Waals surface area contributed by atoms with Crippen LogP contribution in [0.25, 0.3) is 0 Å². The molecule has 1 atom stereocenters. The number of nitrogens with two attached hydrogens (primary N) is 1. The molecule has 2 aromatic rings. The summed E-state index contributed by atoms with van der Waals surface area (Å²) in [5, 5.41) is 17.5. The summed E-state index contributed by atoms with van der Waals surface area (Å²) in [6, 6.07) is 9.57. The average Bonchev–Trinajstić information content (AvgIpc) is 2.90. The first kappa shape index (κ1) is 15.4. The molecule has 3 N–H and O–H groups in total. The Labute approximate surface area is 139 Å². The van der Waals surface area contributed by atoms with Gasteiger partial charge < -0.3 is 10.5 Å². The number of nitrogens with zero attached hydrogens (tertiary/aromatic N) is 2. The van der Waals surface area contributed by atoms with Crippen molar-refractivity contribution in [1.82, 2.24) is 10.2 Å². The molecule has 3 rings (SSSR count). The van der Waals surface area contributed by atoms with E-state index in [2.05, 4.69) is 37.0 Å². The first-order valence-electron chi connectivity index (χ1n) is 7.24. The fourth-order valence-electron chi connectivity index (χ4n) is 2.81. The molecule has 23 heavy (non-hydrogen) atoms. The van der Waals surface area contributed by atoms with E-state index in [1.54, 1.807) is 12.1 Å². The van der Waals surface area contributed by atoms with Gasteiger partial charge in [0.25, 0.3) is 0 Å². The largest absolute Gasteiger partial charge is 0.420 e. The zero-order valence-electron chi connectivity index (χ0n) is 13.1. The van der Waals surface area contributed by atoms with Gasteiger partial charge in [-0.1, -0.05) is 44.5 Å². The third-order valence-electron chi connectivity index (χ3n) is 3.89. The van der Waals surface area contributed by atoms with Crippen molar-refractivity contribution >= 4 is 11.6 Å². The lowest BCUT2D eigenvalue weighted by molar-refractivity contribution is 0.378. The summed E-state index contributed by atoms with van der Waals surface area (Å²) >= 11 is 5.99. The van der Waals surface area contributed by atoms with Gasteiger partial charge in [0.05, 0.1) is 11.5 Å². The zero-order chi connectivity index (χ0) is 16.8. The molecule has 0 saturated carbocycles. The molecule has 6 heteroatoms. The van der Waals surface area contributed by atoms with E-state index >= 15 is 0 Å². The summed E-state index contributed by atoms with van der Waals surface area (Å²) in [7, 11) is 0. The van der Waals surface area contributed by atoms with E-state index in [4.69, 9.17) is 22.1 Å². The number of ether oxygens (including phenoxy) is 1. The number of nitriles is 1. The number of hydrogen-bond donors (Lipinski definition) is 2. The Morgan fingerprint density at radius 2 is 1.96 bits per heavy atom. The maximum atomic E-state index is 9.58. The van der Waals surface area contributed by atoms with Crippen molar-refractivity contribution < 1.29 is 4.74 Å². The monoisotopic (exact) mass is 328 g/mol. The zero-order valence-corrected chi connectivity index (χ0v) is 13.9. The number of benzene rings is 1. The molecule has 0 spiro atoms. The van der Waals surface area contributed by atoms with Gasteiger partial charge in [0.15, 0.2) is 0 Å². The highest BCUT2D eigenvalue weighted by Gasteiger charge is 2.37. The highest BCUT2D eigenvalue weighted by Crippen LogP contribution is 2.45. The molecule has 0 saturated heterocycles. The van der Waals surface area contributed by atoms with Crippen LogP contribution in [0.4, 0.5) is 0 Å². The van der Waals surface area contributed by atoms with Crippen molar-refractivity contribution in [3.63, 3.8) is 0 Å². The highest BCUT2D eigenvalue weighted by molar-refractivity contribution is 6.30. The summed E-state index contributed by atoms with van der Waals surface area (Å²) in [4.78, 5) is 0. The second-order valence-electron chi connectivity index (χ2n) is 6.54. The molecular formula is C17H17ClN4O. The Morgan fingerprint density at radius 3 is 2.52 bits per heavy atom. The summed E-state index contributed by atoms with van der Waals surface area (Å²) in [5.41, 5.74) is 8.83. The topological polar surface area (TPSA) is 87.7 Å². The SMILES string of the molecule is CC(C)(C)c1[nH]nc2c1C(c1ccc(Cl)cc1)C(C#N)=C(N)O2. The van der Waals surface area contributed by atoms with E-state index in [1.165, 1.54) is 0 Å². The first-order chi connectivity index (χ1) is 10.8. The van der Waals surface area contributed by atoms with Gasteiger partial charge in [0, 0.05) is 16.1 Å². The second kappa shape index (κ2) is 5.32. The molecule has 2 heterocycles. The molecular weight excluding hydrogens is 312 g/mol. The van der Waals surface area contributed by atoms with Crippen LogP contribution < -0.4 is 10.5 Å². The van der Waals surface area contributed by atoms with Crippen LogP contribution in [0.1, 0.15) is 43.5 Å². The summed E-state index contributed by atoms with van der Waals surface area (Å²) in [6.07, 6.45) is 0. The molecule has 1 aromatic heterocycles. The third kappa shape index (κ3) is 2.55. The van der Waals surface area contributed by atoms with Crippen LogP contribution in [0.2, 0.25) is 5.02 Å². The van der Waals surface area contributed by atoms with E-state index in [9.17, 15) is 5.26 Å². The molecule has 1 unspecified atom stereocenters. The van der Waals surface area contributed by atoms with Crippen LogP contribution in [-0.4, -0.2) is 10.2 Å². The molecule has 1 aromatic carbocycles. The van der Waals surface area contributed by atoms with Gasteiger partial charge in [-0.15, -0.1) is 5.10 Å². The highest BCUT2D eigenvalue weighted by atomic mass is 35.5. The number of nitrogens with one attached hydrogen (secondary N) is 1. The minimum Gasteiger partial charge on any atom is -0.420 e. The molecule has 0 radical (unpaired) electrons. The van der Waals surface area contributed by atoms with Gasteiger partial charge in [-0.3, -0.25) is 5.10 Å². The van der Waals surface area contributed by atoms with Crippen LogP contribution in [0, 0.1) is 11.3 Å². The average molecular weight is 329 g/mol. The van der Waals surface area contributed by atoms with E-state index in [-0.39, 0.29) is 17.2 Å². The summed E-state index contributed by atoms with van der Waals surface area (Å²) < 4.78 is 5.55. The molecule has 0 amide bonds. The summed E-state index contributed by atoms with van der Waals surface area (Å²) in [5.74, 6) is 0.187. The van der Waals surface area contributed by atoms with Crippen molar-refractivity contribution in [3.05, 3.63) is 57.6 Å². The Morgan fingerprint density at radius 1 is 1.30 bits per heavy atom. The van der Waals surface area contributed by atoms with E-state index in [0.717, 1.165) is 16.8 Å². The number of hydrogen-bond acceptors (Lipinski definition) is 4. The molecule has 0 fully saturated rings. The van der Waals surface area contributed by atoms with Gasteiger partial charge >= 0.3 is 0 Å². The predicted octanol–water partition coefficient (Wildman–Crippen LogP) is 3.58. The third-order valence-corrected chi connectivity index (χ3v) is 4.14. The number of aromatic nitrogens is 2. The molecule has 0 bridgehead atoms. The van der Waals surface area contributed by atoms with E-state index in [0.29, 0.717) is 16.5 Å². The van der Waals surface area contributed by atoms with Crippen LogP contribution in [0.5, 0.6) is 5.88 Å². The van der Waals surface area contributed by atoms with E-state index < -0.39 is 0 Å². The van der Waals surface area contributed by atoms with Crippen molar-refractivity contribution in [3.8, 4) is 11.9 Å². The van der Waals surface area contributed by atoms with Gasteiger partial charge in [-0.25, -0.2) is 0 Å². The number of fused-ring (bicyclic) bond motifs is 1. The normalized spacial score (nSPS) is 17.4. The lowest BCUT2D eigenvalue weighted by Gasteiger charge is -2.27. The van der Waals surface area contributed by atoms with Gasteiger partial charge in [0.2, 0.25) is 11.8 Å². The smallest absolute Gasteiger partial charge is 0.244 e. The van der Waals surface area contributed by atoms with Crippen molar-refractivity contribution in [2.24, 2.45) is 5.73 Å². The number of rotatable bonds is 1. The number of aromatic amines is 1. The Hall–Kier alpha value is -2.45. The Bertz CT molecular complexity index is 822. The van der Waals surface area contributed by atoms with Crippen LogP contribution >= 0.6 is 11.6 Å². The van der Waals surface area contributed by atoms with Crippen LogP contribution in [-0.2, 0) is 5.41 Å². The molecule has 1 aliphatic heterocycles. The predicted molar refractivity (Wildman–Crippen MR) is 88.0 cm³/mol. The second-order valence-corrected chi connectivity index (χ2v) is 6.98. The maximum absolute atomic E-state index is 9.58. The number of H-pyrrole nitrogens is 1. The fourth-order valence-corrected chi connectivity index (χ4v) is 2.93. The Kier molecular flexibility index (Phi) is 3.57. The Balaban J connectivity index is 2.26. The van der Waals surface area contributed by atoms with Crippen molar-refractivity contribution in [1.29, 1.82) is 5.26 Å². The number of allylic oxidation sites excluding steroid dienone is 1.